The van der Waals surface area contributed by atoms with E-state index >= 15 is 0 Å². The Balaban J connectivity index is 2.28. The zero-order valence-corrected chi connectivity index (χ0v) is 15.7. The Labute approximate surface area is 135 Å². The van der Waals surface area contributed by atoms with Crippen LogP contribution in [0.3, 0.4) is 0 Å². The van der Waals surface area contributed by atoms with Crippen molar-refractivity contribution in [2.45, 2.75) is 83.3 Å². The number of rotatable bonds is 6. The molecule has 0 aromatic rings. The molecule has 0 bridgehead atoms. The van der Waals surface area contributed by atoms with Gasteiger partial charge in [-0.2, -0.15) is 0 Å². The molecule has 0 spiro atoms. The van der Waals surface area contributed by atoms with Crippen molar-refractivity contribution in [3.63, 3.8) is 0 Å². The second-order valence-corrected chi connectivity index (χ2v) is 12.9. The molecule has 2 aliphatic rings. The van der Waals surface area contributed by atoms with Crippen LogP contribution in [-0.4, -0.2) is 48.5 Å². The molecule has 1 N–H and O–H groups in total. The summed E-state index contributed by atoms with van der Waals surface area (Å²) in [5.41, 5.74) is -0.800. The van der Waals surface area contributed by atoms with Crippen LogP contribution in [0.15, 0.2) is 11.3 Å². The highest BCUT2D eigenvalue weighted by Gasteiger charge is 2.57. The summed E-state index contributed by atoms with van der Waals surface area (Å²) in [6.07, 6.45) is 6.47. The molecule has 126 valence electrons. The third-order valence-corrected chi connectivity index (χ3v) is 7.29. The Bertz CT molecular complexity index is 457. The monoisotopic (exact) mass is 325 g/mol. The van der Waals surface area contributed by atoms with Crippen LogP contribution in [0, 0.1) is 0 Å². The number of aliphatic hydroxyl groups excluding tert-OH is 1. The van der Waals surface area contributed by atoms with Gasteiger partial charge in [-0.1, -0.05) is 50.7 Å². The predicted octanol–water partition coefficient (Wildman–Crippen LogP) is 3.71. The van der Waals surface area contributed by atoms with Gasteiger partial charge in [0.15, 0.2) is 5.60 Å². The lowest BCUT2D eigenvalue weighted by molar-refractivity contribution is -0.0382. The molecule has 2 heterocycles. The minimum Gasteiger partial charge on any atom is -0.438 e. The van der Waals surface area contributed by atoms with Crippen LogP contribution in [0.2, 0.25) is 19.6 Å². The van der Waals surface area contributed by atoms with Crippen molar-refractivity contribution in [2.24, 2.45) is 0 Å². The number of aliphatic hydroxyl groups is 1. The third kappa shape index (κ3) is 3.11. The lowest BCUT2D eigenvalue weighted by Gasteiger charge is -2.38. The van der Waals surface area contributed by atoms with Gasteiger partial charge >= 0.3 is 6.09 Å². The number of nitrogens with zero attached hydrogens (tertiary/aromatic N) is 1. The van der Waals surface area contributed by atoms with Gasteiger partial charge < -0.3 is 14.7 Å². The molecule has 4 nitrogen and oxygen atoms in total. The van der Waals surface area contributed by atoms with Crippen LogP contribution in [0.4, 0.5) is 4.79 Å². The van der Waals surface area contributed by atoms with Gasteiger partial charge in [-0.3, -0.25) is 0 Å². The van der Waals surface area contributed by atoms with Gasteiger partial charge in [0.25, 0.3) is 0 Å². The van der Waals surface area contributed by atoms with Crippen molar-refractivity contribution < 1.29 is 14.6 Å². The maximum atomic E-state index is 12.1. The Morgan fingerprint density at radius 1 is 1.55 bits per heavy atom. The molecular formula is C17H31NO3Si. The van der Waals surface area contributed by atoms with E-state index in [1.165, 1.54) is 0 Å². The van der Waals surface area contributed by atoms with Crippen molar-refractivity contribution >= 4 is 14.2 Å². The molecule has 2 aliphatic heterocycles. The number of hydrogen-bond donors (Lipinski definition) is 1. The van der Waals surface area contributed by atoms with E-state index in [1.807, 2.05) is 6.92 Å². The molecule has 22 heavy (non-hydrogen) atoms. The third-order valence-electron chi connectivity index (χ3n) is 5.08. The number of allylic oxidation sites excluding steroid dienone is 1. The molecule has 0 aromatic heterocycles. The Kier molecular flexibility index (Phi) is 5.07. The van der Waals surface area contributed by atoms with Gasteiger partial charge in [0.2, 0.25) is 0 Å². The van der Waals surface area contributed by atoms with Crippen LogP contribution in [0.5, 0.6) is 0 Å². The van der Waals surface area contributed by atoms with E-state index in [0.29, 0.717) is 0 Å². The van der Waals surface area contributed by atoms with Crippen molar-refractivity contribution in [3.8, 4) is 0 Å². The van der Waals surface area contributed by atoms with E-state index in [-0.39, 0.29) is 12.1 Å². The van der Waals surface area contributed by atoms with Gasteiger partial charge in [0.1, 0.15) is 6.10 Å². The van der Waals surface area contributed by atoms with Crippen LogP contribution in [-0.2, 0) is 4.74 Å². The molecular weight excluding hydrogens is 294 g/mol. The quantitative estimate of drug-likeness (QED) is 0.598. The SMILES string of the molecule is CCCCC=C(C(O)C1(C)OC(=O)N2CCCC21)[Si](C)(C)C. The number of amides is 1. The smallest absolute Gasteiger partial charge is 0.410 e. The summed E-state index contributed by atoms with van der Waals surface area (Å²) < 4.78 is 5.68. The van der Waals surface area contributed by atoms with Crippen molar-refractivity contribution in [3.05, 3.63) is 11.3 Å². The van der Waals surface area contributed by atoms with E-state index in [4.69, 9.17) is 4.74 Å². The largest absolute Gasteiger partial charge is 0.438 e. The van der Waals surface area contributed by atoms with Crippen LogP contribution >= 0.6 is 0 Å². The molecule has 2 fully saturated rings. The number of carbonyl (C=O) groups excluding carboxylic acids is 1. The fourth-order valence-electron chi connectivity index (χ4n) is 3.73. The molecule has 5 heteroatoms. The first-order valence-corrected chi connectivity index (χ1v) is 12.1. The summed E-state index contributed by atoms with van der Waals surface area (Å²) in [4.78, 5) is 13.9. The molecule has 3 atom stereocenters. The summed E-state index contributed by atoms with van der Waals surface area (Å²) >= 11 is 0. The first-order chi connectivity index (χ1) is 10.2. The Morgan fingerprint density at radius 3 is 2.82 bits per heavy atom. The summed E-state index contributed by atoms with van der Waals surface area (Å²) in [6.45, 7) is 11.6. The first-order valence-electron chi connectivity index (χ1n) is 8.60. The molecule has 1 amide bonds. The van der Waals surface area contributed by atoms with E-state index < -0.39 is 19.8 Å². The van der Waals surface area contributed by atoms with E-state index in [9.17, 15) is 9.90 Å². The molecule has 0 saturated carbocycles. The predicted molar refractivity (Wildman–Crippen MR) is 91.6 cm³/mol. The van der Waals surface area contributed by atoms with Crippen molar-refractivity contribution in [2.75, 3.05) is 6.54 Å². The lowest BCUT2D eigenvalue weighted by Crippen LogP contribution is -2.53. The zero-order valence-electron chi connectivity index (χ0n) is 14.7. The first kappa shape index (κ1) is 17.5. The summed E-state index contributed by atoms with van der Waals surface area (Å²) in [7, 11) is -1.68. The number of unbranched alkanes of at least 4 members (excludes halogenated alkanes) is 2. The zero-order chi connectivity index (χ0) is 16.5. The minimum absolute atomic E-state index is 0.0147. The second kappa shape index (κ2) is 6.36. The standard InChI is InChI=1S/C17H31NO3Si/c1-6-7-8-10-13(22(3,4)5)15(19)17(2)14-11-9-12-18(14)16(20)21-17/h10,14-15,19H,6-9,11-12H2,1-5H3. The topological polar surface area (TPSA) is 49.8 Å². The van der Waals surface area contributed by atoms with Gasteiger partial charge in [-0.15, -0.1) is 0 Å². The number of cyclic esters (lactones) is 1. The van der Waals surface area contributed by atoms with E-state index in [2.05, 4.69) is 32.6 Å². The van der Waals surface area contributed by atoms with E-state index in [0.717, 1.165) is 43.8 Å². The number of fused-ring (bicyclic) bond motifs is 1. The average Bonchev–Trinajstić information content (AvgIpc) is 2.98. The minimum atomic E-state index is -1.68. The maximum Gasteiger partial charge on any atom is 0.410 e. The summed E-state index contributed by atoms with van der Waals surface area (Å²) in [6, 6.07) is 0.0147. The molecule has 3 unspecified atom stereocenters. The van der Waals surface area contributed by atoms with Gasteiger partial charge in [-0.05, 0) is 26.2 Å². The fourth-order valence-corrected chi connectivity index (χ4v) is 5.60. The van der Waals surface area contributed by atoms with E-state index in [1.54, 1.807) is 4.90 Å². The normalized spacial score (nSPS) is 30.5. The van der Waals surface area contributed by atoms with Crippen molar-refractivity contribution in [1.29, 1.82) is 0 Å². The molecule has 0 aliphatic carbocycles. The number of hydrogen-bond acceptors (Lipinski definition) is 3. The highest BCUT2D eigenvalue weighted by atomic mass is 28.3. The highest BCUT2D eigenvalue weighted by Crippen LogP contribution is 2.42. The summed E-state index contributed by atoms with van der Waals surface area (Å²) in [5.74, 6) is 0. The van der Waals surface area contributed by atoms with Gasteiger partial charge in [0, 0.05) is 6.54 Å². The van der Waals surface area contributed by atoms with Gasteiger partial charge in [0.05, 0.1) is 14.1 Å². The number of ether oxygens (including phenoxy) is 1. The molecule has 2 saturated heterocycles. The van der Waals surface area contributed by atoms with Gasteiger partial charge in [-0.25, -0.2) is 4.79 Å². The summed E-state index contributed by atoms with van der Waals surface area (Å²) in [5, 5.41) is 12.3. The van der Waals surface area contributed by atoms with Crippen molar-refractivity contribution in [1.82, 2.24) is 4.90 Å². The van der Waals surface area contributed by atoms with Crippen LogP contribution in [0.1, 0.15) is 46.0 Å². The molecule has 2 rings (SSSR count). The van der Waals surface area contributed by atoms with Crippen LogP contribution < -0.4 is 0 Å². The highest BCUT2D eigenvalue weighted by molar-refractivity contribution is 6.83. The Hall–Kier alpha value is -0.813. The Morgan fingerprint density at radius 2 is 2.23 bits per heavy atom. The molecule has 0 radical (unpaired) electrons. The number of carbonyl (C=O) groups is 1. The molecule has 0 aromatic carbocycles. The van der Waals surface area contributed by atoms with Crippen LogP contribution in [0.25, 0.3) is 0 Å². The second-order valence-electron chi connectivity index (χ2n) is 7.86. The maximum absolute atomic E-state index is 12.1. The average molecular weight is 326 g/mol. The fraction of sp³-hybridized carbons (Fsp3) is 0.824. The lowest BCUT2D eigenvalue weighted by atomic mass is 9.88.